The highest BCUT2D eigenvalue weighted by molar-refractivity contribution is 6.31. The number of pyridine rings is 1. The number of benzene rings is 1. The van der Waals surface area contributed by atoms with E-state index in [0.29, 0.717) is 16.5 Å². The van der Waals surface area contributed by atoms with Crippen molar-refractivity contribution in [2.45, 2.75) is 13.0 Å². The van der Waals surface area contributed by atoms with Gasteiger partial charge in [-0.25, -0.2) is 14.4 Å². The summed E-state index contributed by atoms with van der Waals surface area (Å²) in [7, 11) is 0. The van der Waals surface area contributed by atoms with Gasteiger partial charge in [0.2, 0.25) is 5.95 Å². The number of H-pyrrole nitrogens is 1. The van der Waals surface area contributed by atoms with E-state index in [2.05, 4.69) is 20.3 Å². The van der Waals surface area contributed by atoms with Crippen LogP contribution < -0.4 is 16.6 Å². The number of carbonyl (C=O) groups is 1. The number of hydrogen-bond acceptors (Lipinski definition) is 5. The minimum Gasteiger partial charge on any atom is -0.364 e. The molecule has 0 aliphatic rings. The van der Waals surface area contributed by atoms with E-state index in [0.717, 1.165) is 0 Å². The third kappa shape index (κ3) is 3.43. The summed E-state index contributed by atoms with van der Waals surface area (Å²) in [4.78, 5) is 34.0. The first kappa shape index (κ1) is 16.8. The Balaban J connectivity index is 1.96. The van der Waals surface area contributed by atoms with E-state index in [-0.39, 0.29) is 22.2 Å². The maximum absolute atomic E-state index is 13.5. The molecule has 4 N–H and O–H groups in total. The van der Waals surface area contributed by atoms with Crippen LogP contribution in [0.15, 0.2) is 35.3 Å². The lowest BCUT2D eigenvalue weighted by Crippen LogP contribution is -2.21. The van der Waals surface area contributed by atoms with Crippen LogP contribution in [-0.4, -0.2) is 20.9 Å². The van der Waals surface area contributed by atoms with Crippen LogP contribution in [0, 0.1) is 5.82 Å². The molecule has 128 valence electrons. The number of amides is 1. The highest BCUT2D eigenvalue weighted by atomic mass is 35.5. The fourth-order valence-electron chi connectivity index (χ4n) is 2.38. The fourth-order valence-corrected chi connectivity index (χ4v) is 2.55. The first-order valence-corrected chi connectivity index (χ1v) is 7.64. The quantitative estimate of drug-likeness (QED) is 0.660. The lowest BCUT2D eigenvalue weighted by Gasteiger charge is -2.14. The van der Waals surface area contributed by atoms with E-state index >= 15 is 0 Å². The molecule has 1 aromatic carbocycles. The van der Waals surface area contributed by atoms with Crippen molar-refractivity contribution in [3.05, 3.63) is 62.9 Å². The monoisotopic (exact) mass is 361 g/mol. The van der Waals surface area contributed by atoms with Gasteiger partial charge in [-0.3, -0.25) is 9.59 Å². The van der Waals surface area contributed by atoms with E-state index in [9.17, 15) is 14.0 Å². The molecule has 2 heterocycles. The second-order valence-corrected chi connectivity index (χ2v) is 5.81. The Kier molecular flexibility index (Phi) is 4.37. The number of aromatic amines is 1. The van der Waals surface area contributed by atoms with E-state index in [1.807, 2.05) is 0 Å². The molecule has 1 amide bonds. The van der Waals surface area contributed by atoms with E-state index in [1.165, 1.54) is 24.4 Å². The molecule has 7 nitrogen and oxygen atoms in total. The minimum atomic E-state index is -0.682. The van der Waals surface area contributed by atoms with Crippen LogP contribution in [0.25, 0.3) is 10.9 Å². The molecule has 3 rings (SSSR count). The van der Waals surface area contributed by atoms with Crippen molar-refractivity contribution in [3.8, 4) is 0 Å². The van der Waals surface area contributed by atoms with Crippen LogP contribution in [0.5, 0.6) is 0 Å². The van der Waals surface area contributed by atoms with Gasteiger partial charge in [0.1, 0.15) is 11.5 Å². The maximum Gasteiger partial charge on any atom is 0.267 e. The Morgan fingerprint density at radius 2 is 2.16 bits per heavy atom. The molecule has 0 fully saturated rings. The van der Waals surface area contributed by atoms with Gasteiger partial charge in [0.25, 0.3) is 11.5 Å². The number of rotatable bonds is 4. The van der Waals surface area contributed by atoms with Gasteiger partial charge >= 0.3 is 0 Å². The number of carbonyl (C=O) groups excluding carboxylic acids is 1. The lowest BCUT2D eigenvalue weighted by molar-refractivity contribution is 0.0995. The second-order valence-electron chi connectivity index (χ2n) is 5.40. The summed E-state index contributed by atoms with van der Waals surface area (Å²) in [6.07, 6.45) is 1.38. The molecule has 0 saturated carbocycles. The number of aromatic nitrogens is 3. The molecule has 9 heteroatoms. The highest BCUT2D eigenvalue weighted by Gasteiger charge is 2.14. The number of anilines is 1. The van der Waals surface area contributed by atoms with Crippen LogP contribution >= 0.6 is 11.6 Å². The molecular weight excluding hydrogens is 349 g/mol. The fraction of sp³-hybridized carbons (Fsp3) is 0.125. The van der Waals surface area contributed by atoms with Crippen molar-refractivity contribution < 1.29 is 9.18 Å². The zero-order chi connectivity index (χ0) is 18.1. The predicted molar refractivity (Wildman–Crippen MR) is 92.1 cm³/mol. The number of nitrogens with one attached hydrogen (secondary N) is 2. The van der Waals surface area contributed by atoms with Gasteiger partial charge in [0.05, 0.1) is 16.6 Å². The molecule has 0 spiro atoms. The van der Waals surface area contributed by atoms with Crippen LogP contribution in [0.4, 0.5) is 10.3 Å². The Morgan fingerprint density at radius 1 is 1.40 bits per heavy atom. The van der Waals surface area contributed by atoms with Crippen LogP contribution in [0.2, 0.25) is 5.02 Å². The molecule has 0 radical (unpaired) electrons. The van der Waals surface area contributed by atoms with Gasteiger partial charge in [-0.15, -0.1) is 0 Å². The Morgan fingerprint density at radius 3 is 2.88 bits per heavy atom. The zero-order valence-electron chi connectivity index (χ0n) is 13.0. The van der Waals surface area contributed by atoms with Crippen molar-refractivity contribution in [1.29, 1.82) is 0 Å². The summed E-state index contributed by atoms with van der Waals surface area (Å²) in [5.74, 6) is -1.14. The minimum absolute atomic E-state index is 0.0383. The van der Waals surface area contributed by atoms with Gasteiger partial charge in [-0.2, -0.15) is 0 Å². The molecule has 0 saturated heterocycles. The van der Waals surface area contributed by atoms with Gasteiger partial charge in [0.15, 0.2) is 0 Å². The lowest BCUT2D eigenvalue weighted by atomic mass is 10.1. The van der Waals surface area contributed by atoms with Crippen LogP contribution in [-0.2, 0) is 0 Å². The number of nitrogens with zero attached hydrogens (tertiary/aromatic N) is 2. The number of nitrogens with two attached hydrogens (primary N) is 1. The third-order valence-corrected chi connectivity index (χ3v) is 3.92. The first-order valence-electron chi connectivity index (χ1n) is 7.26. The Hall–Kier alpha value is -3.00. The second kappa shape index (κ2) is 6.48. The average molecular weight is 362 g/mol. The van der Waals surface area contributed by atoms with Gasteiger partial charge < -0.3 is 16.0 Å². The summed E-state index contributed by atoms with van der Waals surface area (Å²) in [5, 5.41) is 3.47. The van der Waals surface area contributed by atoms with Gasteiger partial charge in [0, 0.05) is 17.1 Å². The number of hydrogen-bond donors (Lipinski definition) is 3. The molecular formula is C16H13ClFN5O2. The normalized spacial score (nSPS) is 12.1. The standard InChI is InChI=1S/C16H13ClFN5O2/c1-7(21-16-20-3-2-12(23-16)14(19)24)9-4-8-5-10(17)11(18)6-13(8)22-15(9)25/h2-7H,1H3,(H2,19,24)(H,22,25)(H,20,21,23)/t7-/m0/s1. The van der Waals surface area contributed by atoms with Gasteiger partial charge in [-0.05, 0) is 31.2 Å². The largest absolute Gasteiger partial charge is 0.364 e. The van der Waals surface area contributed by atoms with Crippen LogP contribution in [0.3, 0.4) is 0 Å². The average Bonchev–Trinajstić information content (AvgIpc) is 2.56. The highest BCUT2D eigenvalue weighted by Crippen LogP contribution is 2.23. The Bertz CT molecular complexity index is 1040. The first-order chi connectivity index (χ1) is 11.8. The summed E-state index contributed by atoms with van der Waals surface area (Å²) in [6, 6.07) is 5.11. The predicted octanol–water partition coefficient (Wildman–Crippen LogP) is 2.38. The van der Waals surface area contributed by atoms with Crippen molar-refractivity contribution in [2.75, 3.05) is 5.32 Å². The molecule has 0 aliphatic carbocycles. The molecule has 25 heavy (non-hydrogen) atoms. The van der Waals surface area contributed by atoms with Crippen molar-refractivity contribution >= 4 is 34.4 Å². The number of fused-ring (bicyclic) bond motifs is 1. The maximum atomic E-state index is 13.5. The zero-order valence-corrected chi connectivity index (χ0v) is 13.8. The topological polar surface area (TPSA) is 114 Å². The van der Waals surface area contributed by atoms with Crippen molar-refractivity contribution in [3.63, 3.8) is 0 Å². The summed E-state index contributed by atoms with van der Waals surface area (Å²) in [5.41, 5.74) is 5.57. The Labute approximate surface area is 146 Å². The van der Waals surface area contributed by atoms with E-state index in [1.54, 1.807) is 13.0 Å². The summed E-state index contributed by atoms with van der Waals surface area (Å²) < 4.78 is 13.5. The van der Waals surface area contributed by atoms with E-state index < -0.39 is 17.8 Å². The smallest absolute Gasteiger partial charge is 0.267 e. The number of primary amides is 1. The van der Waals surface area contributed by atoms with E-state index in [4.69, 9.17) is 17.3 Å². The third-order valence-electron chi connectivity index (χ3n) is 3.63. The SMILES string of the molecule is C[C@H](Nc1nccc(C(N)=O)n1)c1cc2cc(Cl)c(F)cc2[nH]c1=O. The van der Waals surface area contributed by atoms with Crippen LogP contribution in [0.1, 0.15) is 29.0 Å². The van der Waals surface area contributed by atoms with Gasteiger partial charge in [-0.1, -0.05) is 11.6 Å². The summed E-state index contributed by atoms with van der Waals surface area (Å²) >= 11 is 5.79. The molecule has 3 aromatic rings. The summed E-state index contributed by atoms with van der Waals surface area (Å²) in [6.45, 7) is 1.72. The molecule has 2 aromatic heterocycles. The van der Waals surface area contributed by atoms with Crippen molar-refractivity contribution in [2.24, 2.45) is 5.73 Å². The molecule has 0 unspecified atom stereocenters. The molecule has 1 atom stereocenters. The molecule has 0 bridgehead atoms. The molecule has 0 aliphatic heterocycles. The number of halogens is 2. The van der Waals surface area contributed by atoms with Crippen molar-refractivity contribution in [1.82, 2.24) is 15.0 Å².